The van der Waals surface area contributed by atoms with Crippen molar-refractivity contribution in [2.75, 3.05) is 17.7 Å². The SMILES string of the molecule is CNc1nc(Nc2cc(C)ccc2F)c2cc(C)sc2n1. The van der Waals surface area contributed by atoms with Gasteiger partial charge in [-0.25, -0.2) is 9.37 Å². The lowest BCUT2D eigenvalue weighted by Gasteiger charge is -2.10. The first kappa shape index (κ1) is 13.8. The van der Waals surface area contributed by atoms with Crippen LogP contribution in [0.4, 0.5) is 21.8 Å². The molecule has 0 aliphatic carbocycles. The molecule has 0 aliphatic rings. The van der Waals surface area contributed by atoms with Crippen LogP contribution in [0.3, 0.4) is 0 Å². The third kappa shape index (κ3) is 2.67. The molecular weight excluding hydrogens is 287 g/mol. The van der Waals surface area contributed by atoms with Crippen molar-refractivity contribution in [3.05, 3.63) is 40.5 Å². The maximum absolute atomic E-state index is 13.9. The first-order valence-electron chi connectivity index (χ1n) is 6.56. The summed E-state index contributed by atoms with van der Waals surface area (Å²) in [6.07, 6.45) is 0. The minimum Gasteiger partial charge on any atom is -0.357 e. The number of fused-ring (bicyclic) bond motifs is 1. The van der Waals surface area contributed by atoms with Gasteiger partial charge in [0, 0.05) is 11.9 Å². The molecule has 2 heterocycles. The first-order valence-corrected chi connectivity index (χ1v) is 7.37. The topological polar surface area (TPSA) is 49.8 Å². The highest BCUT2D eigenvalue weighted by atomic mass is 32.1. The molecule has 4 nitrogen and oxygen atoms in total. The number of anilines is 3. The molecule has 3 rings (SSSR count). The highest BCUT2D eigenvalue weighted by Crippen LogP contribution is 2.32. The van der Waals surface area contributed by atoms with E-state index in [9.17, 15) is 4.39 Å². The minimum atomic E-state index is -0.301. The first-order chi connectivity index (χ1) is 10.1. The van der Waals surface area contributed by atoms with Crippen molar-refractivity contribution in [3.8, 4) is 0 Å². The van der Waals surface area contributed by atoms with Gasteiger partial charge in [-0.3, -0.25) is 0 Å². The van der Waals surface area contributed by atoms with Crippen molar-refractivity contribution in [1.29, 1.82) is 0 Å². The van der Waals surface area contributed by atoms with Gasteiger partial charge < -0.3 is 10.6 Å². The number of aromatic nitrogens is 2. The van der Waals surface area contributed by atoms with Crippen molar-refractivity contribution in [3.63, 3.8) is 0 Å². The molecule has 6 heteroatoms. The van der Waals surface area contributed by atoms with Gasteiger partial charge in [-0.2, -0.15) is 4.98 Å². The van der Waals surface area contributed by atoms with Crippen LogP contribution in [0.25, 0.3) is 10.2 Å². The lowest BCUT2D eigenvalue weighted by Crippen LogP contribution is -2.02. The molecule has 0 saturated carbocycles. The van der Waals surface area contributed by atoms with Crippen LogP contribution in [-0.4, -0.2) is 17.0 Å². The third-order valence-corrected chi connectivity index (χ3v) is 4.06. The van der Waals surface area contributed by atoms with E-state index in [1.54, 1.807) is 30.5 Å². The van der Waals surface area contributed by atoms with E-state index < -0.39 is 0 Å². The fraction of sp³-hybridized carbons (Fsp3) is 0.200. The molecule has 0 saturated heterocycles. The van der Waals surface area contributed by atoms with E-state index >= 15 is 0 Å². The van der Waals surface area contributed by atoms with E-state index in [4.69, 9.17) is 0 Å². The normalized spacial score (nSPS) is 10.9. The zero-order valence-corrected chi connectivity index (χ0v) is 12.8. The second-order valence-electron chi connectivity index (χ2n) is 4.83. The predicted octanol–water partition coefficient (Wildman–Crippen LogP) is 4.23. The summed E-state index contributed by atoms with van der Waals surface area (Å²) in [4.78, 5) is 10.8. The molecule has 108 valence electrons. The van der Waals surface area contributed by atoms with Crippen LogP contribution >= 0.6 is 11.3 Å². The number of rotatable bonds is 3. The number of thiophene rings is 1. The lowest BCUT2D eigenvalue weighted by molar-refractivity contribution is 0.631. The van der Waals surface area contributed by atoms with E-state index in [1.807, 2.05) is 19.9 Å². The smallest absolute Gasteiger partial charge is 0.225 e. The van der Waals surface area contributed by atoms with Gasteiger partial charge in [0.1, 0.15) is 16.5 Å². The molecule has 3 aromatic rings. The number of hydrogen-bond acceptors (Lipinski definition) is 5. The monoisotopic (exact) mass is 302 g/mol. The van der Waals surface area contributed by atoms with E-state index in [0.717, 1.165) is 20.7 Å². The van der Waals surface area contributed by atoms with Gasteiger partial charge >= 0.3 is 0 Å². The third-order valence-electron chi connectivity index (χ3n) is 3.11. The molecule has 0 radical (unpaired) electrons. The van der Waals surface area contributed by atoms with Gasteiger partial charge in [-0.1, -0.05) is 6.07 Å². The number of aryl methyl sites for hydroxylation is 2. The van der Waals surface area contributed by atoms with Gasteiger partial charge in [0.2, 0.25) is 5.95 Å². The van der Waals surface area contributed by atoms with E-state index in [-0.39, 0.29) is 5.82 Å². The standard InChI is InChI=1S/C15H15FN4S/c1-8-4-5-11(16)12(6-8)18-13-10-7-9(2)21-14(10)20-15(17-3)19-13/h4-7H,1-3H3,(H2,17,18,19,20). The number of halogens is 1. The average molecular weight is 302 g/mol. The highest BCUT2D eigenvalue weighted by molar-refractivity contribution is 7.18. The summed E-state index contributed by atoms with van der Waals surface area (Å²) >= 11 is 1.59. The average Bonchev–Trinajstić information content (AvgIpc) is 2.83. The van der Waals surface area contributed by atoms with Crippen LogP contribution in [0, 0.1) is 19.7 Å². The van der Waals surface area contributed by atoms with Crippen LogP contribution in [0.2, 0.25) is 0 Å². The summed E-state index contributed by atoms with van der Waals surface area (Å²) in [6, 6.07) is 6.97. The Morgan fingerprint density at radius 3 is 2.71 bits per heavy atom. The maximum atomic E-state index is 13.9. The van der Waals surface area contributed by atoms with Crippen molar-refractivity contribution < 1.29 is 4.39 Å². The summed E-state index contributed by atoms with van der Waals surface area (Å²) in [7, 11) is 1.76. The lowest BCUT2D eigenvalue weighted by atomic mass is 10.2. The predicted molar refractivity (Wildman–Crippen MR) is 86.1 cm³/mol. The Morgan fingerprint density at radius 1 is 1.14 bits per heavy atom. The van der Waals surface area contributed by atoms with Crippen LogP contribution in [0.5, 0.6) is 0 Å². The summed E-state index contributed by atoms with van der Waals surface area (Å²) < 4.78 is 13.9. The molecule has 0 bridgehead atoms. The summed E-state index contributed by atoms with van der Waals surface area (Å²) in [6.45, 7) is 3.94. The van der Waals surface area contributed by atoms with E-state index in [0.29, 0.717) is 17.5 Å². The number of nitrogens with one attached hydrogen (secondary N) is 2. The van der Waals surface area contributed by atoms with Crippen molar-refractivity contribution >= 4 is 39.0 Å². The Kier molecular flexibility index (Phi) is 3.47. The zero-order chi connectivity index (χ0) is 15.0. The minimum absolute atomic E-state index is 0.301. The molecule has 21 heavy (non-hydrogen) atoms. The Bertz CT molecular complexity index is 813. The molecule has 0 spiro atoms. The molecule has 1 aromatic carbocycles. The van der Waals surface area contributed by atoms with Crippen molar-refractivity contribution in [1.82, 2.24) is 9.97 Å². The second kappa shape index (κ2) is 5.29. The summed E-state index contributed by atoms with van der Waals surface area (Å²) in [5.41, 5.74) is 1.40. The van der Waals surface area contributed by atoms with Crippen LogP contribution in [0.15, 0.2) is 24.3 Å². The molecule has 0 aliphatic heterocycles. The molecule has 0 atom stereocenters. The van der Waals surface area contributed by atoms with Gasteiger partial charge in [0.05, 0.1) is 11.1 Å². The second-order valence-corrected chi connectivity index (χ2v) is 6.06. The van der Waals surface area contributed by atoms with Crippen LogP contribution in [-0.2, 0) is 0 Å². The molecule has 2 aromatic heterocycles. The Balaban J connectivity index is 2.12. The van der Waals surface area contributed by atoms with Gasteiger partial charge in [-0.15, -0.1) is 11.3 Å². The molecule has 0 amide bonds. The number of benzene rings is 1. The highest BCUT2D eigenvalue weighted by Gasteiger charge is 2.12. The van der Waals surface area contributed by atoms with Gasteiger partial charge in [0.25, 0.3) is 0 Å². The molecule has 0 fully saturated rings. The van der Waals surface area contributed by atoms with E-state index in [2.05, 4.69) is 20.6 Å². The van der Waals surface area contributed by atoms with Crippen LogP contribution in [0.1, 0.15) is 10.4 Å². The van der Waals surface area contributed by atoms with Crippen molar-refractivity contribution in [2.24, 2.45) is 0 Å². The number of hydrogen-bond donors (Lipinski definition) is 2. The Labute approximate surface area is 126 Å². The summed E-state index contributed by atoms with van der Waals surface area (Å²) in [5.74, 6) is 0.823. The summed E-state index contributed by atoms with van der Waals surface area (Å²) in [5, 5.41) is 6.92. The van der Waals surface area contributed by atoms with Gasteiger partial charge in [-0.05, 0) is 37.6 Å². The Morgan fingerprint density at radius 2 is 1.95 bits per heavy atom. The Hall–Kier alpha value is -2.21. The van der Waals surface area contributed by atoms with Crippen molar-refractivity contribution in [2.45, 2.75) is 13.8 Å². The fourth-order valence-corrected chi connectivity index (χ4v) is 2.99. The van der Waals surface area contributed by atoms with E-state index in [1.165, 1.54) is 6.07 Å². The quantitative estimate of drug-likeness (QED) is 0.760. The maximum Gasteiger partial charge on any atom is 0.225 e. The number of nitrogens with zero attached hydrogens (tertiary/aromatic N) is 2. The largest absolute Gasteiger partial charge is 0.357 e. The van der Waals surface area contributed by atoms with Crippen LogP contribution < -0.4 is 10.6 Å². The molecule has 2 N–H and O–H groups in total. The molecule has 0 unspecified atom stereocenters. The van der Waals surface area contributed by atoms with Gasteiger partial charge in [0.15, 0.2) is 0 Å². The fourth-order valence-electron chi connectivity index (χ4n) is 2.11. The molecular formula is C15H15FN4S. The zero-order valence-electron chi connectivity index (χ0n) is 12.0.